The van der Waals surface area contributed by atoms with Gasteiger partial charge in [-0.25, -0.2) is 9.78 Å². The summed E-state index contributed by atoms with van der Waals surface area (Å²) in [4.78, 5) is 18.6. The summed E-state index contributed by atoms with van der Waals surface area (Å²) >= 11 is 0. The topological polar surface area (TPSA) is 84.9 Å². The average molecular weight is 343 g/mol. The van der Waals surface area contributed by atoms with E-state index >= 15 is 0 Å². The van der Waals surface area contributed by atoms with Crippen LogP contribution >= 0.6 is 0 Å². The Morgan fingerprint density at radius 3 is 2.92 bits per heavy atom. The number of hydrogen-bond acceptors (Lipinski definition) is 4. The van der Waals surface area contributed by atoms with Crippen molar-refractivity contribution in [2.75, 3.05) is 25.0 Å². The van der Waals surface area contributed by atoms with E-state index in [1.807, 2.05) is 33.8 Å². The number of rotatable bonds is 2. The second-order valence-electron chi connectivity index (χ2n) is 7.00. The third kappa shape index (κ3) is 3.48. The van der Waals surface area contributed by atoms with Crippen LogP contribution in [-0.2, 0) is 4.74 Å². The van der Waals surface area contributed by atoms with Crippen LogP contribution in [0.1, 0.15) is 25.7 Å². The molecule has 0 saturated carbocycles. The van der Waals surface area contributed by atoms with E-state index in [4.69, 9.17) is 10.5 Å². The number of imidazole rings is 1. The Kier molecular flexibility index (Phi) is 4.59. The molecule has 25 heavy (non-hydrogen) atoms. The van der Waals surface area contributed by atoms with Crippen molar-refractivity contribution < 1.29 is 9.53 Å². The zero-order valence-electron chi connectivity index (χ0n) is 14.3. The highest BCUT2D eigenvalue weighted by atomic mass is 16.5. The molecule has 2 aliphatic heterocycles. The van der Waals surface area contributed by atoms with Crippen molar-refractivity contribution in [1.29, 1.82) is 0 Å². The van der Waals surface area contributed by atoms with Crippen LogP contribution in [0.4, 0.5) is 10.5 Å². The van der Waals surface area contributed by atoms with Gasteiger partial charge in [-0.15, -0.1) is 0 Å². The molecular formula is C18H25N5O2. The van der Waals surface area contributed by atoms with Crippen LogP contribution in [0.5, 0.6) is 0 Å². The van der Waals surface area contributed by atoms with Gasteiger partial charge in [-0.1, -0.05) is 0 Å². The van der Waals surface area contributed by atoms with Gasteiger partial charge in [0.1, 0.15) is 5.65 Å². The maximum absolute atomic E-state index is 12.5. The van der Waals surface area contributed by atoms with Crippen molar-refractivity contribution in [1.82, 2.24) is 14.3 Å². The van der Waals surface area contributed by atoms with Gasteiger partial charge in [0, 0.05) is 56.1 Å². The normalized spacial score (nSPS) is 25.2. The molecule has 134 valence electrons. The van der Waals surface area contributed by atoms with Crippen LogP contribution in [0.25, 0.3) is 5.65 Å². The summed E-state index contributed by atoms with van der Waals surface area (Å²) in [6.07, 6.45) is 9.67. The zero-order valence-corrected chi connectivity index (χ0v) is 14.3. The number of fused-ring (bicyclic) bond motifs is 1. The fraction of sp³-hybridized carbons (Fsp3) is 0.556. The molecule has 0 aliphatic carbocycles. The van der Waals surface area contributed by atoms with E-state index < -0.39 is 0 Å². The number of carbonyl (C=O) groups excluding carboxylic acids is 1. The number of pyridine rings is 1. The van der Waals surface area contributed by atoms with Crippen LogP contribution in [0.15, 0.2) is 30.7 Å². The number of likely N-dealkylation sites (tertiary alicyclic amines) is 1. The van der Waals surface area contributed by atoms with E-state index in [-0.39, 0.29) is 18.2 Å². The van der Waals surface area contributed by atoms with Crippen LogP contribution in [0.3, 0.4) is 0 Å². The van der Waals surface area contributed by atoms with Gasteiger partial charge in [-0.05, 0) is 37.7 Å². The van der Waals surface area contributed by atoms with Crippen molar-refractivity contribution in [3.8, 4) is 0 Å². The number of carbonyl (C=O) groups is 1. The Morgan fingerprint density at radius 2 is 2.12 bits per heavy atom. The number of hydrogen-bond donors (Lipinski definition) is 2. The van der Waals surface area contributed by atoms with E-state index in [0.29, 0.717) is 5.92 Å². The Morgan fingerprint density at radius 1 is 1.28 bits per heavy atom. The molecule has 2 atom stereocenters. The maximum atomic E-state index is 12.5. The first-order chi connectivity index (χ1) is 12.2. The largest absolute Gasteiger partial charge is 0.376 e. The van der Waals surface area contributed by atoms with Crippen LogP contribution in [0, 0.1) is 5.92 Å². The molecule has 2 amide bonds. The number of ether oxygens (including phenoxy) is 1. The van der Waals surface area contributed by atoms with E-state index in [9.17, 15) is 4.79 Å². The van der Waals surface area contributed by atoms with Crippen LogP contribution in [0.2, 0.25) is 0 Å². The monoisotopic (exact) mass is 343 g/mol. The van der Waals surface area contributed by atoms with E-state index in [2.05, 4.69) is 10.3 Å². The van der Waals surface area contributed by atoms with E-state index in [0.717, 1.165) is 56.7 Å². The summed E-state index contributed by atoms with van der Waals surface area (Å²) < 4.78 is 7.81. The number of nitrogens with one attached hydrogen (secondary N) is 1. The lowest BCUT2D eigenvalue weighted by Crippen LogP contribution is -2.50. The minimum Gasteiger partial charge on any atom is -0.376 e. The Labute approximate surface area is 147 Å². The smallest absolute Gasteiger partial charge is 0.321 e. The number of piperidine rings is 1. The Bertz CT molecular complexity index is 738. The predicted octanol–water partition coefficient (Wildman–Crippen LogP) is 2.08. The molecule has 7 heteroatoms. The third-order valence-electron chi connectivity index (χ3n) is 5.35. The number of anilines is 1. The standard InChI is InChI=1S/C18H25N5O2/c19-15-2-1-11-25-17(15)13-3-7-23(8-4-13)18(24)21-14-5-9-22-10-6-20-16(22)12-14/h5-6,9-10,12-13,15,17H,1-4,7-8,11,19H2,(H,21,24). The average Bonchev–Trinajstić information content (AvgIpc) is 3.10. The van der Waals surface area contributed by atoms with Crippen LogP contribution in [-0.4, -0.2) is 52.2 Å². The predicted molar refractivity (Wildman–Crippen MR) is 95.5 cm³/mol. The fourth-order valence-electron chi connectivity index (χ4n) is 3.93. The molecule has 2 aromatic heterocycles. The van der Waals surface area contributed by atoms with Gasteiger partial charge in [-0.3, -0.25) is 0 Å². The molecule has 2 fully saturated rings. The summed E-state index contributed by atoms with van der Waals surface area (Å²) in [6.45, 7) is 2.30. The fourth-order valence-corrected chi connectivity index (χ4v) is 3.93. The quantitative estimate of drug-likeness (QED) is 0.874. The van der Waals surface area contributed by atoms with Crippen molar-refractivity contribution in [2.45, 2.75) is 37.8 Å². The second kappa shape index (κ2) is 7.01. The third-order valence-corrected chi connectivity index (χ3v) is 5.35. The van der Waals surface area contributed by atoms with Gasteiger partial charge in [0.15, 0.2) is 0 Å². The first-order valence-electron chi connectivity index (χ1n) is 9.06. The number of nitrogens with two attached hydrogens (primary N) is 1. The van der Waals surface area contributed by atoms with Gasteiger partial charge in [-0.2, -0.15) is 0 Å². The molecule has 4 rings (SSSR count). The molecule has 2 unspecified atom stereocenters. The minimum absolute atomic E-state index is 0.0526. The molecule has 0 radical (unpaired) electrons. The number of amides is 2. The summed E-state index contributed by atoms with van der Waals surface area (Å²) in [5.41, 5.74) is 7.80. The summed E-state index contributed by atoms with van der Waals surface area (Å²) in [7, 11) is 0. The molecule has 0 aromatic carbocycles. The van der Waals surface area contributed by atoms with Gasteiger partial charge in [0.05, 0.1) is 6.10 Å². The molecule has 0 bridgehead atoms. The van der Waals surface area contributed by atoms with Crippen molar-refractivity contribution in [3.63, 3.8) is 0 Å². The van der Waals surface area contributed by atoms with Gasteiger partial charge < -0.3 is 25.1 Å². The molecule has 2 aliphatic rings. The van der Waals surface area contributed by atoms with Gasteiger partial charge in [0.25, 0.3) is 0 Å². The Hall–Kier alpha value is -2.12. The number of urea groups is 1. The van der Waals surface area contributed by atoms with E-state index in [1.165, 1.54) is 0 Å². The molecule has 4 heterocycles. The van der Waals surface area contributed by atoms with Crippen molar-refractivity contribution >= 4 is 17.4 Å². The SMILES string of the molecule is NC1CCCOC1C1CCN(C(=O)Nc2ccn3ccnc3c2)CC1. The number of aromatic nitrogens is 2. The highest BCUT2D eigenvalue weighted by Crippen LogP contribution is 2.28. The lowest BCUT2D eigenvalue weighted by atomic mass is 9.85. The summed E-state index contributed by atoms with van der Waals surface area (Å²) in [5.74, 6) is 0.459. The summed E-state index contributed by atoms with van der Waals surface area (Å²) in [6, 6.07) is 3.84. The maximum Gasteiger partial charge on any atom is 0.321 e. The number of nitrogens with zero attached hydrogens (tertiary/aromatic N) is 3. The lowest BCUT2D eigenvalue weighted by Gasteiger charge is -2.40. The van der Waals surface area contributed by atoms with E-state index in [1.54, 1.807) is 6.20 Å². The highest BCUT2D eigenvalue weighted by Gasteiger charge is 2.34. The molecule has 3 N–H and O–H groups in total. The van der Waals surface area contributed by atoms with Gasteiger partial charge in [0.2, 0.25) is 0 Å². The zero-order chi connectivity index (χ0) is 17.2. The molecule has 7 nitrogen and oxygen atoms in total. The molecule has 2 saturated heterocycles. The first-order valence-corrected chi connectivity index (χ1v) is 9.06. The molecule has 0 spiro atoms. The molecule has 2 aromatic rings. The van der Waals surface area contributed by atoms with Crippen molar-refractivity contribution in [3.05, 3.63) is 30.7 Å². The van der Waals surface area contributed by atoms with Crippen LogP contribution < -0.4 is 11.1 Å². The minimum atomic E-state index is -0.0526. The summed E-state index contributed by atoms with van der Waals surface area (Å²) in [5, 5.41) is 2.97. The molecular weight excluding hydrogens is 318 g/mol. The first kappa shape index (κ1) is 16.4. The van der Waals surface area contributed by atoms with Crippen molar-refractivity contribution in [2.24, 2.45) is 11.7 Å². The van der Waals surface area contributed by atoms with Gasteiger partial charge >= 0.3 is 6.03 Å². The highest BCUT2D eigenvalue weighted by molar-refractivity contribution is 5.89. The lowest BCUT2D eigenvalue weighted by molar-refractivity contribution is -0.0468. The Balaban J connectivity index is 1.33. The second-order valence-corrected chi connectivity index (χ2v) is 7.00.